The van der Waals surface area contributed by atoms with Crippen molar-refractivity contribution in [3.8, 4) is 0 Å². The van der Waals surface area contributed by atoms with E-state index in [2.05, 4.69) is 41.5 Å². The van der Waals surface area contributed by atoms with E-state index in [-0.39, 0.29) is 11.8 Å². The Hall–Kier alpha value is -1.61. The van der Waals surface area contributed by atoms with Gasteiger partial charge in [-0.3, -0.25) is 4.79 Å². The molecule has 0 bridgehead atoms. The monoisotopic (exact) mass is 243 g/mol. The number of piperidine rings is 1. The fourth-order valence-corrected chi connectivity index (χ4v) is 3.06. The molecule has 1 atom stereocenters. The number of fused-ring (bicyclic) bond motifs is 1. The normalized spacial score (nSPS) is 20.6. The number of amides is 1. The third-order valence-corrected chi connectivity index (χ3v) is 4.13. The van der Waals surface area contributed by atoms with Crippen molar-refractivity contribution in [1.82, 2.24) is 5.32 Å². The summed E-state index contributed by atoms with van der Waals surface area (Å²) < 4.78 is 1.27. The lowest BCUT2D eigenvalue weighted by Gasteiger charge is -2.23. The number of carbonyl (C=O) groups is 1. The van der Waals surface area contributed by atoms with Crippen molar-refractivity contribution < 1.29 is 4.79 Å². The Morgan fingerprint density at radius 3 is 3.06 bits per heavy atom. The Balaban J connectivity index is 1.97. The van der Waals surface area contributed by atoms with Gasteiger partial charge < -0.3 is 5.32 Å². The molecule has 0 radical (unpaired) electrons. The van der Waals surface area contributed by atoms with Crippen LogP contribution in [0.2, 0.25) is 0 Å². The Morgan fingerprint density at radius 1 is 1.35 bits per heavy atom. The standard InChI is InChI=1S/C14H13NOS/c1-9-2-4-12(14(16)15-9)10-3-5-13-11(8-10)6-7-17-13/h3,5-8,12H,1-2,4H2,(H,15,16). The zero-order valence-corrected chi connectivity index (χ0v) is 10.2. The van der Waals surface area contributed by atoms with Gasteiger partial charge in [0.2, 0.25) is 5.91 Å². The molecule has 1 fully saturated rings. The molecule has 2 aromatic rings. The molecule has 1 aliphatic heterocycles. The average molecular weight is 243 g/mol. The summed E-state index contributed by atoms with van der Waals surface area (Å²) in [7, 11) is 0. The summed E-state index contributed by atoms with van der Waals surface area (Å²) >= 11 is 1.73. The van der Waals surface area contributed by atoms with Crippen molar-refractivity contribution in [2.45, 2.75) is 18.8 Å². The number of rotatable bonds is 1. The molecule has 3 heteroatoms. The Morgan fingerprint density at radius 2 is 2.24 bits per heavy atom. The van der Waals surface area contributed by atoms with E-state index in [1.54, 1.807) is 11.3 Å². The minimum Gasteiger partial charge on any atom is -0.330 e. The maximum atomic E-state index is 11.9. The van der Waals surface area contributed by atoms with Crippen LogP contribution in [-0.4, -0.2) is 5.91 Å². The number of allylic oxidation sites excluding steroid dienone is 1. The van der Waals surface area contributed by atoms with Crippen LogP contribution in [0, 0.1) is 0 Å². The molecule has 1 amide bonds. The molecule has 1 unspecified atom stereocenters. The lowest BCUT2D eigenvalue weighted by atomic mass is 9.89. The fourth-order valence-electron chi connectivity index (χ4n) is 2.29. The summed E-state index contributed by atoms with van der Waals surface area (Å²) in [5.41, 5.74) is 1.95. The van der Waals surface area contributed by atoms with Crippen molar-refractivity contribution >= 4 is 27.3 Å². The first-order valence-electron chi connectivity index (χ1n) is 5.70. The highest BCUT2D eigenvalue weighted by Gasteiger charge is 2.25. The van der Waals surface area contributed by atoms with Crippen LogP contribution >= 0.6 is 11.3 Å². The summed E-state index contributed by atoms with van der Waals surface area (Å²) in [6.07, 6.45) is 1.73. The van der Waals surface area contributed by atoms with Crippen LogP contribution in [0.4, 0.5) is 0 Å². The van der Waals surface area contributed by atoms with E-state index in [0.717, 1.165) is 24.1 Å². The minimum atomic E-state index is -0.0233. The molecular weight excluding hydrogens is 230 g/mol. The summed E-state index contributed by atoms with van der Waals surface area (Å²) in [5, 5.41) is 6.15. The van der Waals surface area contributed by atoms with Crippen LogP contribution in [0.5, 0.6) is 0 Å². The van der Waals surface area contributed by atoms with Crippen molar-refractivity contribution in [3.05, 3.63) is 47.5 Å². The van der Waals surface area contributed by atoms with Crippen LogP contribution in [0.25, 0.3) is 10.1 Å². The topological polar surface area (TPSA) is 29.1 Å². The Labute approximate surface area is 104 Å². The molecule has 2 heterocycles. The number of hydrogen-bond acceptors (Lipinski definition) is 2. The van der Waals surface area contributed by atoms with Gasteiger partial charge in [0.05, 0.1) is 5.92 Å². The summed E-state index contributed by atoms with van der Waals surface area (Å²) in [5.74, 6) is 0.0561. The van der Waals surface area contributed by atoms with Gasteiger partial charge in [0.25, 0.3) is 0 Å². The molecule has 1 aliphatic rings. The minimum absolute atomic E-state index is 0.0233. The van der Waals surface area contributed by atoms with Crippen LogP contribution in [0.3, 0.4) is 0 Å². The first-order chi connectivity index (χ1) is 8.24. The second kappa shape index (κ2) is 4.00. The average Bonchev–Trinajstić information content (AvgIpc) is 2.75. The molecule has 1 saturated heterocycles. The molecule has 0 spiro atoms. The highest BCUT2D eigenvalue weighted by atomic mass is 32.1. The van der Waals surface area contributed by atoms with Crippen molar-refractivity contribution in [2.24, 2.45) is 0 Å². The maximum absolute atomic E-state index is 11.9. The Bertz CT molecular complexity index is 599. The molecule has 86 valence electrons. The van der Waals surface area contributed by atoms with Gasteiger partial charge in [-0.2, -0.15) is 0 Å². The van der Waals surface area contributed by atoms with Gasteiger partial charge in [0.15, 0.2) is 0 Å². The van der Waals surface area contributed by atoms with E-state index in [9.17, 15) is 4.79 Å². The summed E-state index contributed by atoms with van der Waals surface area (Å²) in [6.45, 7) is 3.80. The van der Waals surface area contributed by atoms with Gasteiger partial charge in [-0.25, -0.2) is 0 Å². The summed E-state index contributed by atoms with van der Waals surface area (Å²) in [4.78, 5) is 11.9. The molecule has 1 N–H and O–H groups in total. The number of hydrogen-bond donors (Lipinski definition) is 1. The van der Waals surface area contributed by atoms with E-state index in [1.807, 2.05) is 0 Å². The number of thiophene rings is 1. The second-order valence-corrected chi connectivity index (χ2v) is 5.35. The molecule has 3 rings (SSSR count). The first kappa shape index (κ1) is 10.5. The van der Waals surface area contributed by atoms with Gasteiger partial charge in [-0.05, 0) is 47.4 Å². The zero-order chi connectivity index (χ0) is 11.8. The van der Waals surface area contributed by atoms with Crippen LogP contribution in [0.1, 0.15) is 24.3 Å². The van der Waals surface area contributed by atoms with Crippen molar-refractivity contribution in [3.63, 3.8) is 0 Å². The van der Waals surface area contributed by atoms with Gasteiger partial charge >= 0.3 is 0 Å². The number of carbonyl (C=O) groups excluding carboxylic acids is 1. The first-order valence-corrected chi connectivity index (χ1v) is 6.58. The molecule has 1 aromatic carbocycles. The second-order valence-electron chi connectivity index (χ2n) is 4.40. The maximum Gasteiger partial charge on any atom is 0.231 e. The summed E-state index contributed by atoms with van der Waals surface area (Å²) in [6, 6.07) is 8.40. The lowest BCUT2D eigenvalue weighted by molar-refractivity contribution is -0.122. The molecule has 17 heavy (non-hydrogen) atoms. The van der Waals surface area contributed by atoms with E-state index >= 15 is 0 Å². The number of benzene rings is 1. The molecule has 1 aromatic heterocycles. The third-order valence-electron chi connectivity index (χ3n) is 3.23. The quantitative estimate of drug-likeness (QED) is 0.817. The third kappa shape index (κ3) is 1.87. The highest BCUT2D eigenvalue weighted by Crippen LogP contribution is 2.30. The van der Waals surface area contributed by atoms with E-state index in [4.69, 9.17) is 0 Å². The van der Waals surface area contributed by atoms with E-state index in [0.29, 0.717) is 0 Å². The van der Waals surface area contributed by atoms with E-state index in [1.165, 1.54) is 10.1 Å². The van der Waals surface area contributed by atoms with Crippen LogP contribution in [-0.2, 0) is 4.79 Å². The van der Waals surface area contributed by atoms with Crippen molar-refractivity contribution in [1.29, 1.82) is 0 Å². The zero-order valence-electron chi connectivity index (χ0n) is 9.40. The predicted molar refractivity (Wildman–Crippen MR) is 71.1 cm³/mol. The largest absolute Gasteiger partial charge is 0.330 e. The van der Waals surface area contributed by atoms with Crippen LogP contribution < -0.4 is 5.32 Å². The lowest BCUT2D eigenvalue weighted by Crippen LogP contribution is -2.33. The van der Waals surface area contributed by atoms with Gasteiger partial charge in [-0.15, -0.1) is 11.3 Å². The fraction of sp³-hybridized carbons (Fsp3) is 0.214. The van der Waals surface area contributed by atoms with Gasteiger partial charge in [0.1, 0.15) is 0 Å². The van der Waals surface area contributed by atoms with Crippen LogP contribution in [0.15, 0.2) is 41.9 Å². The van der Waals surface area contributed by atoms with E-state index < -0.39 is 0 Å². The van der Waals surface area contributed by atoms with Gasteiger partial charge in [0, 0.05) is 10.4 Å². The predicted octanol–water partition coefficient (Wildman–Crippen LogP) is 3.41. The number of nitrogens with one attached hydrogen (secondary N) is 1. The smallest absolute Gasteiger partial charge is 0.231 e. The highest BCUT2D eigenvalue weighted by molar-refractivity contribution is 7.17. The van der Waals surface area contributed by atoms with Gasteiger partial charge in [-0.1, -0.05) is 12.6 Å². The molecule has 0 aliphatic carbocycles. The molecular formula is C14H13NOS. The molecule has 0 saturated carbocycles. The van der Waals surface area contributed by atoms with Crippen molar-refractivity contribution in [2.75, 3.05) is 0 Å². The Kier molecular flexibility index (Phi) is 2.48. The molecule has 2 nitrogen and oxygen atoms in total. The SMILES string of the molecule is C=C1CCC(c2ccc3sccc3c2)C(=O)N1.